The van der Waals surface area contributed by atoms with Crippen LogP contribution in [0.1, 0.15) is 156 Å². The molecule has 4 aliphatic rings. The largest absolute Gasteiger partial charge is 0.480 e. The number of rotatable bonds is 17. The highest BCUT2D eigenvalue weighted by molar-refractivity contribution is 5.81. The molecule has 0 spiro atoms. The molecule has 0 bridgehead atoms. The molecule has 6 nitrogen and oxygen atoms in total. The predicted octanol–water partition coefficient (Wildman–Crippen LogP) is 9.26. The molecule has 4 aliphatic carbocycles. The summed E-state index contributed by atoms with van der Waals surface area (Å²) in [6, 6.07) is 0. The van der Waals surface area contributed by atoms with Gasteiger partial charge in [-0.25, -0.2) is 0 Å². The number of ether oxygens (including phenoxy) is 1. The number of carbonyl (C=O) groups is 3. The van der Waals surface area contributed by atoms with E-state index >= 15 is 0 Å². The third kappa shape index (κ3) is 9.15. The van der Waals surface area contributed by atoms with Crippen LogP contribution in [0.2, 0.25) is 0 Å². The maximum atomic E-state index is 12.7. The number of aliphatic carboxylic acids is 1. The van der Waals surface area contributed by atoms with Crippen LogP contribution in [0.4, 0.5) is 0 Å². The van der Waals surface area contributed by atoms with Crippen LogP contribution in [0.5, 0.6) is 0 Å². The average molecular weight is 628 g/mol. The molecule has 0 aromatic carbocycles. The maximum Gasteiger partial charge on any atom is 0.322 e. The molecule has 1 amide bonds. The van der Waals surface area contributed by atoms with Crippen LogP contribution in [0.25, 0.3) is 0 Å². The Hall–Kier alpha value is -1.85. The second kappa shape index (κ2) is 16.8. The van der Waals surface area contributed by atoms with E-state index in [9.17, 15) is 14.4 Å². The van der Waals surface area contributed by atoms with E-state index in [1.165, 1.54) is 83.5 Å². The molecule has 45 heavy (non-hydrogen) atoms. The third-order valence-corrected chi connectivity index (χ3v) is 13.3. The van der Waals surface area contributed by atoms with Crippen molar-refractivity contribution in [2.75, 3.05) is 6.54 Å². The van der Waals surface area contributed by atoms with Crippen molar-refractivity contribution in [2.24, 2.45) is 46.3 Å². The van der Waals surface area contributed by atoms with Crippen molar-refractivity contribution in [1.82, 2.24) is 5.32 Å². The Bertz CT molecular complexity index is 1010. The maximum absolute atomic E-state index is 12.7. The first-order valence-corrected chi connectivity index (χ1v) is 18.9. The monoisotopic (exact) mass is 627 g/mol. The van der Waals surface area contributed by atoms with E-state index in [1.54, 1.807) is 0 Å². The van der Waals surface area contributed by atoms with Gasteiger partial charge in [0.25, 0.3) is 0 Å². The van der Waals surface area contributed by atoms with Gasteiger partial charge in [0.2, 0.25) is 5.91 Å². The Labute approximate surface area is 274 Å². The number of nitrogens with one attached hydrogen (secondary N) is 1. The second-order valence-corrected chi connectivity index (χ2v) is 16.0. The normalized spacial score (nSPS) is 34.8. The molecule has 0 radical (unpaired) electrons. The van der Waals surface area contributed by atoms with Crippen LogP contribution >= 0.6 is 0 Å². The highest BCUT2D eigenvalue weighted by Gasteiger charge is 2.60. The number of carboxylic acids is 1. The zero-order valence-electron chi connectivity index (χ0n) is 29.1. The summed E-state index contributed by atoms with van der Waals surface area (Å²) in [4.78, 5) is 35.7. The summed E-state index contributed by atoms with van der Waals surface area (Å²) in [6.07, 6.45) is 27.0. The van der Waals surface area contributed by atoms with Crippen LogP contribution < -0.4 is 5.32 Å². The van der Waals surface area contributed by atoms with Gasteiger partial charge in [0.05, 0.1) is 0 Å². The highest BCUT2D eigenvalue weighted by atomic mass is 16.5. The number of esters is 1. The Morgan fingerprint density at radius 3 is 2.36 bits per heavy atom. The van der Waals surface area contributed by atoms with Gasteiger partial charge in [0, 0.05) is 12.8 Å². The number of allylic oxidation sites excluding steroid dienone is 2. The van der Waals surface area contributed by atoms with E-state index in [4.69, 9.17) is 9.84 Å². The minimum atomic E-state index is -0.990. The summed E-state index contributed by atoms with van der Waals surface area (Å²) >= 11 is 0. The van der Waals surface area contributed by atoms with E-state index in [0.29, 0.717) is 41.4 Å². The zero-order valence-corrected chi connectivity index (χ0v) is 29.1. The van der Waals surface area contributed by atoms with Crippen LogP contribution in [0, 0.1) is 46.3 Å². The van der Waals surface area contributed by atoms with Crippen LogP contribution in [-0.4, -0.2) is 35.6 Å². The summed E-state index contributed by atoms with van der Waals surface area (Å²) in [6.45, 7) is 9.39. The summed E-state index contributed by atoms with van der Waals surface area (Å²) in [5.41, 5.74) is 0.713. The molecular weight excluding hydrogens is 562 g/mol. The first-order chi connectivity index (χ1) is 21.6. The Morgan fingerprint density at radius 1 is 0.867 bits per heavy atom. The van der Waals surface area contributed by atoms with Crippen molar-refractivity contribution < 1.29 is 24.2 Å². The first kappa shape index (κ1) is 36.0. The number of fused-ring (bicyclic) bond motifs is 5. The minimum absolute atomic E-state index is 0.0266. The van der Waals surface area contributed by atoms with E-state index in [1.807, 2.05) is 0 Å². The van der Waals surface area contributed by atoms with Crippen molar-refractivity contribution in [3.8, 4) is 0 Å². The second-order valence-electron chi connectivity index (χ2n) is 16.0. The number of hydrogen-bond donors (Lipinski definition) is 2. The molecule has 4 rings (SSSR count). The predicted molar refractivity (Wildman–Crippen MR) is 181 cm³/mol. The summed E-state index contributed by atoms with van der Waals surface area (Å²) in [7, 11) is 0. The minimum Gasteiger partial charge on any atom is -0.480 e. The van der Waals surface area contributed by atoms with Gasteiger partial charge in [-0.15, -0.1) is 0 Å². The van der Waals surface area contributed by atoms with Crippen LogP contribution in [0.15, 0.2) is 12.2 Å². The Kier molecular flexibility index (Phi) is 13.5. The molecule has 4 fully saturated rings. The van der Waals surface area contributed by atoms with Crippen molar-refractivity contribution in [3.63, 3.8) is 0 Å². The molecule has 9 atom stereocenters. The molecule has 4 saturated carbocycles. The van der Waals surface area contributed by atoms with E-state index < -0.39 is 5.97 Å². The van der Waals surface area contributed by atoms with Crippen molar-refractivity contribution >= 4 is 17.8 Å². The third-order valence-electron chi connectivity index (χ3n) is 13.3. The fourth-order valence-electron chi connectivity index (χ4n) is 10.8. The van der Waals surface area contributed by atoms with Gasteiger partial charge >= 0.3 is 11.9 Å². The van der Waals surface area contributed by atoms with Crippen molar-refractivity contribution in [3.05, 3.63) is 12.2 Å². The van der Waals surface area contributed by atoms with Crippen LogP contribution in [-0.2, 0) is 19.1 Å². The van der Waals surface area contributed by atoms with E-state index in [-0.39, 0.29) is 24.5 Å². The van der Waals surface area contributed by atoms with Gasteiger partial charge in [0.15, 0.2) is 0 Å². The van der Waals surface area contributed by atoms with Gasteiger partial charge in [-0.1, -0.05) is 65.5 Å². The molecule has 6 heteroatoms. The number of hydrogen-bond acceptors (Lipinski definition) is 4. The van der Waals surface area contributed by atoms with Gasteiger partial charge in [-0.05, 0) is 136 Å². The van der Waals surface area contributed by atoms with Gasteiger partial charge < -0.3 is 15.2 Å². The van der Waals surface area contributed by atoms with Gasteiger partial charge in [-0.2, -0.15) is 0 Å². The first-order valence-electron chi connectivity index (χ1n) is 18.9. The quantitative estimate of drug-likeness (QED) is 0.0953. The molecule has 0 saturated heterocycles. The van der Waals surface area contributed by atoms with Crippen molar-refractivity contribution in [2.45, 2.75) is 162 Å². The molecule has 9 unspecified atom stereocenters. The smallest absolute Gasteiger partial charge is 0.322 e. The highest BCUT2D eigenvalue weighted by Crippen LogP contribution is 2.68. The number of amides is 1. The Morgan fingerprint density at radius 2 is 1.58 bits per heavy atom. The molecule has 0 aromatic rings. The number of carboxylic acid groups (broad SMARTS) is 1. The number of carbonyl (C=O) groups excluding carboxylic acids is 2. The summed E-state index contributed by atoms with van der Waals surface area (Å²) < 4.78 is 6.09. The lowest BCUT2D eigenvalue weighted by Crippen LogP contribution is -2.54. The van der Waals surface area contributed by atoms with Gasteiger partial charge in [-0.3, -0.25) is 14.4 Å². The molecule has 0 heterocycles. The van der Waals surface area contributed by atoms with Crippen molar-refractivity contribution in [1.29, 1.82) is 0 Å². The summed E-state index contributed by atoms with van der Waals surface area (Å²) in [5.74, 6) is 3.03. The van der Waals surface area contributed by atoms with Gasteiger partial charge in [0.1, 0.15) is 12.6 Å². The lowest BCUT2D eigenvalue weighted by molar-refractivity contribution is -0.162. The molecule has 0 aliphatic heterocycles. The van der Waals surface area contributed by atoms with E-state index in [2.05, 4.69) is 45.2 Å². The lowest BCUT2D eigenvalue weighted by atomic mass is 9.44. The molecular formula is C39H65NO5. The zero-order chi connectivity index (χ0) is 32.5. The topological polar surface area (TPSA) is 92.7 Å². The standard InChI is InChI=1S/C39H65NO5/c1-5-6-7-8-9-10-11-12-13-14-15-37(44)45-30-22-24-38(3)29(26-30)17-18-31-33-20-19-32(39(33,4)25-23-34(31)38)28(2)16-21-35(41)40-27-36(42)43/h7-8,28-34H,5-6,9-27H2,1-4H3,(H,40,41)(H,42,43)/b8-7-. The average Bonchev–Trinajstić information content (AvgIpc) is 3.37. The lowest BCUT2D eigenvalue weighted by Gasteiger charge is -2.61. The van der Waals surface area contributed by atoms with Crippen LogP contribution in [0.3, 0.4) is 0 Å². The summed E-state index contributed by atoms with van der Waals surface area (Å²) in [5, 5.41) is 11.4. The molecule has 256 valence electrons. The fourth-order valence-corrected chi connectivity index (χ4v) is 10.8. The number of unbranched alkanes of at least 4 members (excludes halogenated alkanes) is 6. The fraction of sp³-hybridized carbons (Fsp3) is 0.872. The van der Waals surface area contributed by atoms with E-state index in [0.717, 1.165) is 49.9 Å². The SMILES string of the molecule is CCC/C=C\CCCCCCCC(=O)OC1CCC2(C)C(CCC3C2CCC2(C)C(C(C)CCC(=O)NCC(=O)O)CCC32)C1. The molecule has 0 aromatic heterocycles. The molecule has 2 N–H and O–H groups in total. The Balaban J connectivity index is 1.20.